The van der Waals surface area contributed by atoms with Crippen molar-refractivity contribution in [2.24, 2.45) is 11.3 Å². The number of benzene rings is 2. The Morgan fingerprint density at radius 1 is 1.07 bits per heavy atom. The molecule has 2 aliphatic carbocycles. The zero-order chi connectivity index (χ0) is 28.6. The van der Waals surface area contributed by atoms with Crippen LogP contribution in [0.1, 0.15) is 52.1 Å². The Morgan fingerprint density at radius 2 is 1.88 bits per heavy atom. The monoisotopic (exact) mass is 566 g/mol. The highest BCUT2D eigenvalue weighted by Crippen LogP contribution is 2.66. The number of hydrogen-bond acceptors (Lipinski definition) is 6. The summed E-state index contributed by atoms with van der Waals surface area (Å²) in [5, 5.41) is 0.902. The molecule has 8 nitrogen and oxygen atoms in total. The van der Waals surface area contributed by atoms with Gasteiger partial charge in [-0.2, -0.15) is 0 Å². The Labute approximate surface area is 246 Å². The van der Waals surface area contributed by atoms with Gasteiger partial charge in [-0.25, -0.2) is 0 Å². The van der Waals surface area contributed by atoms with Gasteiger partial charge in [-0.15, -0.1) is 0 Å². The second kappa shape index (κ2) is 9.44. The van der Waals surface area contributed by atoms with Gasteiger partial charge in [-0.05, 0) is 81.4 Å². The Balaban J connectivity index is 0.977. The fourth-order valence-electron chi connectivity index (χ4n) is 8.26. The fourth-order valence-corrected chi connectivity index (χ4v) is 8.26. The predicted octanol–water partition coefficient (Wildman–Crippen LogP) is 4.47. The summed E-state index contributed by atoms with van der Waals surface area (Å²) in [6.07, 6.45) is 6.56. The third-order valence-electron chi connectivity index (χ3n) is 10.8. The molecule has 3 aromatic rings. The van der Waals surface area contributed by atoms with Gasteiger partial charge in [0.2, 0.25) is 0 Å². The van der Waals surface area contributed by atoms with E-state index in [1.165, 1.54) is 32.4 Å². The number of H-pyrrole nitrogens is 1. The predicted molar refractivity (Wildman–Crippen MR) is 160 cm³/mol. The topological polar surface area (TPSA) is 78.1 Å². The standard InChI is InChI=1S/C34H38N4O4/c1-36-10-7-33(8-11-36)9-12-37(21-33)13-14-42-30-16-22-15-27(35-26(22)17-29(30)41-2)32(40)38-20-23-19-34(23)25-6-4-3-5-24(25)28(39)18-31(34)38/h3-6,15-18,23,35H,7-14,19-21H2,1-2H3/t23-,34?/m1/s1. The van der Waals surface area contributed by atoms with Gasteiger partial charge in [0.15, 0.2) is 17.3 Å². The molecule has 1 saturated carbocycles. The smallest absolute Gasteiger partial charge is 0.274 e. The molecule has 1 unspecified atom stereocenters. The molecule has 5 aliphatic rings. The van der Waals surface area contributed by atoms with Gasteiger partial charge in [0, 0.05) is 59.4 Å². The lowest BCUT2D eigenvalue weighted by molar-refractivity contribution is 0.0806. The van der Waals surface area contributed by atoms with E-state index in [1.54, 1.807) is 13.2 Å². The Kier molecular flexibility index (Phi) is 5.86. The van der Waals surface area contributed by atoms with E-state index in [2.05, 4.69) is 27.9 Å². The van der Waals surface area contributed by atoms with E-state index in [0.717, 1.165) is 53.8 Å². The van der Waals surface area contributed by atoms with Gasteiger partial charge < -0.3 is 24.3 Å². The summed E-state index contributed by atoms with van der Waals surface area (Å²) in [5.74, 6) is 1.57. The number of aromatic nitrogens is 1. The van der Waals surface area contributed by atoms with Crippen molar-refractivity contribution in [2.75, 3.05) is 60.0 Å². The van der Waals surface area contributed by atoms with Crippen molar-refractivity contribution in [3.8, 4) is 11.5 Å². The van der Waals surface area contributed by atoms with Crippen molar-refractivity contribution in [1.29, 1.82) is 0 Å². The first-order valence-corrected chi connectivity index (χ1v) is 15.3. The van der Waals surface area contributed by atoms with Crippen molar-refractivity contribution in [1.82, 2.24) is 19.7 Å². The Bertz CT molecular complexity index is 1630. The van der Waals surface area contributed by atoms with Gasteiger partial charge in [0.25, 0.3) is 5.91 Å². The minimum Gasteiger partial charge on any atom is -0.493 e. The lowest BCUT2D eigenvalue weighted by Gasteiger charge is -2.37. The minimum atomic E-state index is -0.196. The number of rotatable bonds is 6. The maximum absolute atomic E-state index is 13.8. The number of allylic oxidation sites excluding steroid dienone is 2. The summed E-state index contributed by atoms with van der Waals surface area (Å²) in [4.78, 5) is 36.9. The quantitative estimate of drug-likeness (QED) is 0.475. The summed E-state index contributed by atoms with van der Waals surface area (Å²) >= 11 is 0. The van der Waals surface area contributed by atoms with Crippen LogP contribution >= 0.6 is 0 Å². The zero-order valence-electron chi connectivity index (χ0n) is 24.4. The molecule has 2 atom stereocenters. The molecule has 4 heterocycles. The largest absolute Gasteiger partial charge is 0.493 e. The zero-order valence-corrected chi connectivity index (χ0v) is 24.4. The van der Waals surface area contributed by atoms with Crippen LogP contribution in [0.2, 0.25) is 0 Å². The van der Waals surface area contributed by atoms with Crippen LogP contribution in [0.3, 0.4) is 0 Å². The highest BCUT2D eigenvalue weighted by Gasteiger charge is 2.67. The van der Waals surface area contributed by atoms with Crippen LogP contribution < -0.4 is 9.47 Å². The molecule has 3 saturated heterocycles. The molecule has 1 aromatic heterocycles. The van der Waals surface area contributed by atoms with Crippen LogP contribution in [0.5, 0.6) is 11.5 Å². The summed E-state index contributed by atoms with van der Waals surface area (Å²) in [7, 11) is 3.87. The van der Waals surface area contributed by atoms with Crippen molar-refractivity contribution >= 4 is 22.6 Å². The molecular formula is C34H38N4O4. The third kappa shape index (κ3) is 3.95. The molecular weight excluding hydrogens is 528 g/mol. The molecule has 2 spiro atoms. The first-order chi connectivity index (χ1) is 20.4. The molecule has 1 N–H and O–H groups in total. The highest BCUT2D eigenvalue weighted by atomic mass is 16.5. The van der Waals surface area contributed by atoms with Crippen molar-refractivity contribution in [3.63, 3.8) is 0 Å². The van der Waals surface area contributed by atoms with Gasteiger partial charge in [0.05, 0.1) is 7.11 Å². The first-order valence-electron chi connectivity index (χ1n) is 15.3. The van der Waals surface area contributed by atoms with Crippen LogP contribution in [-0.2, 0) is 5.41 Å². The number of hydrogen-bond donors (Lipinski definition) is 1. The third-order valence-corrected chi connectivity index (χ3v) is 10.8. The molecule has 218 valence electrons. The second-order valence-electron chi connectivity index (χ2n) is 13.2. The van der Waals surface area contributed by atoms with E-state index in [1.807, 2.05) is 41.3 Å². The second-order valence-corrected chi connectivity index (χ2v) is 13.2. The summed E-state index contributed by atoms with van der Waals surface area (Å²) in [6, 6.07) is 13.6. The summed E-state index contributed by atoms with van der Waals surface area (Å²) in [6.45, 7) is 6.82. The van der Waals surface area contributed by atoms with Crippen LogP contribution in [0.4, 0.5) is 0 Å². The number of nitrogens with zero attached hydrogens (tertiary/aromatic N) is 3. The average molecular weight is 567 g/mol. The highest BCUT2D eigenvalue weighted by molar-refractivity contribution is 6.10. The number of amides is 1. The Hall–Kier alpha value is -3.62. The SMILES string of the molecule is COc1cc2[nH]c(C(=O)N3C[C@H]4CC45C3=CC(=O)c3ccccc35)cc2cc1OCCN1CCC2(CCN(C)CC2)C1. The molecule has 8 rings (SSSR count). The molecule has 3 aliphatic heterocycles. The van der Waals surface area contributed by atoms with E-state index in [0.29, 0.717) is 41.7 Å². The van der Waals surface area contributed by atoms with E-state index >= 15 is 0 Å². The van der Waals surface area contributed by atoms with Gasteiger partial charge in [0.1, 0.15) is 12.3 Å². The number of fused-ring (bicyclic) bond motifs is 2. The lowest BCUT2D eigenvalue weighted by Crippen LogP contribution is -2.40. The maximum atomic E-state index is 13.8. The average Bonchev–Trinajstić information content (AvgIpc) is 3.26. The molecule has 2 aromatic carbocycles. The number of carbonyl (C=O) groups is 2. The number of methoxy groups -OCH3 is 1. The summed E-state index contributed by atoms with van der Waals surface area (Å²) < 4.78 is 11.9. The van der Waals surface area contributed by atoms with Crippen LogP contribution in [-0.4, -0.2) is 91.4 Å². The fraction of sp³-hybridized carbons (Fsp3) is 0.471. The van der Waals surface area contributed by atoms with Crippen LogP contribution in [0, 0.1) is 11.3 Å². The number of nitrogens with one attached hydrogen (secondary N) is 1. The van der Waals surface area contributed by atoms with E-state index in [-0.39, 0.29) is 17.1 Å². The lowest BCUT2D eigenvalue weighted by atomic mass is 9.78. The van der Waals surface area contributed by atoms with Crippen LogP contribution in [0.15, 0.2) is 54.2 Å². The van der Waals surface area contributed by atoms with Crippen molar-refractivity contribution in [3.05, 3.63) is 71.1 Å². The number of carbonyl (C=O) groups excluding carboxylic acids is 2. The Morgan fingerprint density at radius 3 is 2.71 bits per heavy atom. The molecule has 8 heteroatoms. The number of piperidine rings is 2. The molecule has 4 fully saturated rings. The van der Waals surface area contributed by atoms with E-state index in [9.17, 15) is 9.59 Å². The molecule has 0 bridgehead atoms. The number of likely N-dealkylation sites (tertiary alicyclic amines) is 3. The van der Waals surface area contributed by atoms with Crippen molar-refractivity contribution < 1.29 is 19.1 Å². The summed E-state index contributed by atoms with van der Waals surface area (Å²) in [5.41, 5.74) is 4.32. The van der Waals surface area contributed by atoms with E-state index < -0.39 is 0 Å². The van der Waals surface area contributed by atoms with Gasteiger partial charge in [-0.3, -0.25) is 14.5 Å². The normalized spacial score (nSPS) is 26.2. The van der Waals surface area contributed by atoms with E-state index in [4.69, 9.17) is 9.47 Å². The molecule has 1 amide bonds. The number of ether oxygens (including phenoxy) is 2. The number of ketones is 1. The molecule has 42 heavy (non-hydrogen) atoms. The van der Waals surface area contributed by atoms with Gasteiger partial charge in [-0.1, -0.05) is 24.3 Å². The molecule has 0 radical (unpaired) electrons. The maximum Gasteiger partial charge on any atom is 0.274 e. The van der Waals surface area contributed by atoms with Crippen molar-refractivity contribution in [2.45, 2.75) is 31.1 Å². The minimum absolute atomic E-state index is 0.0183. The first kappa shape index (κ1) is 26.0. The van der Waals surface area contributed by atoms with Crippen LogP contribution in [0.25, 0.3) is 10.9 Å². The number of aromatic amines is 1. The van der Waals surface area contributed by atoms with Gasteiger partial charge >= 0.3 is 0 Å².